The van der Waals surface area contributed by atoms with Crippen LogP contribution in [0.4, 0.5) is 4.39 Å². The molecule has 0 saturated carbocycles. The molecule has 0 spiro atoms. The van der Waals surface area contributed by atoms with E-state index in [0.29, 0.717) is 36.8 Å². The molecule has 0 N–H and O–H groups in total. The lowest BCUT2D eigenvalue weighted by atomic mass is 9.97. The molecule has 9 heteroatoms. The van der Waals surface area contributed by atoms with Crippen LogP contribution >= 0.6 is 0 Å². The zero-order chi connectivity index (χ0) is 24.7. The Kier molecular flexibility index (Phi) is 8.59. The lowest BCUT2D eigenvalue weighted by Crippen LogP contribution is -2.42. The van der Waals surface area contributed by atoms with E-state index in [1.807, 2.05) is 6.07 Å². The van der Waals surface area contributed by atoms with Gasteiger partial charge in [-0.05, 0) is 29.8 Å². The third-order valence-electron chi connectivity index (χ3n) is 5.69. The fourth-order valence-electron chi connectivity index (χ4n) is 3.84. The summed E-state index contributed by atoms with van der Waals surface area (Å²) in [6.07, 6.45) is 0.676. The lowest BCUT2D eigenvalue weighted by Gasteiger charge is -2.26. The summed E-state index contributed by atoms with van der Waals surface area (Å²) < 4.78 is 29.5. The van der Waals surface area contributed by atoms with Gasteiger partial charge in [0, 0.05) is 38.1 Å². The first kappa shape index (κ1) is 25.2. The summed E-state index contributed by atoms with van der Waals surface area (Å²) in [6, 6.07) is 10.9. The van der Waals surface area contributed by atoms with Gasteiger partial charge in [-0.3, -0.25) is 9.59 Å². The van der Waals surface area contributed by atoms with Crippen molar-refractivity contribution in [1.82, 2.24) is 9.91 Å². The molecule has 0 bridgehead atoms. The fourth-order valence-corrected chi connectivity index (χ4v) is 3.84. The number of hydrogen-bond acceptors (Lipinski definition) is 6. The Bertz CT molecular complexity index is 1040. The van der Waals surface area contributed by atoms with Gasteiger partial charge in [0.1, 0.15) is 23.9 Å². The molecular weight excluding hydrogens is 441 g/mol. The van der Waals surface area contributed by atoms with Gasteiger partial charge < -0.3 is 19.1 Å². The van der Waals surface area contributed by atoms with Crippen LogP contribution in [0.5, 0.6) is 11.5 Å². The number of halogens is 1. The number of hydrazone groups is 1. The highest BCUT2D eigenvalue weighted by molar-refractivity contribution is 6.05. The highest BCUT2D eigenvalue weighted by Crippen LogP contribution is 2.36. The summed E-state index contributed by atoms with van der Waals surface area (Å²) in [4.78, 5) is 27.2. The van der Waals surface area contributed by atoms with Crippen LogP contribution in [0.15, 0.2) is 47.6 Å². The molecule has 0 unspecified atom stereocenters. The molecule has 2 aromatic carbocycles. The molecule has 2 amide bonds. The molecular formula is C25H30FN3O5. The van der Waals surface area contributed by atoms with Gasteiger partial charge in [-0.25, -0.2) is 9.40 Å². The fraction of sp³-hybridized carbons (Fsp3) is 0.400. The minimum atomic E-state index is -0.448. The number of ether oxygens (including phenoxy) is 3. The Labute approximate surface area is 198 Å². The molecule has 0 aromatic heterocycles. The second-order valence-electron chi connectivity index (χ2n) is 7.78. The molecule has 0 saturated heterocycles. The van der Waals surface area contributed by atoms with Crippen LogP contribution in [0.2, 0.25) is 0 Å². The summed E-state index contributed by atoms with van der Waals surface area (Å²) >= 11 is 0. The van der Waals surface area contributed by atoms with E-state index in [1.165, 1.54) is 22.0 Å². The Balaban J connectivity index is 1.95. The van der Waals surface area contributed by atoms with E-state index >= 15 is 0 Å². The first-order valence-electron chi connectivity index (χ1n) is 11.1. The Morgan fingerprint density at radius 3 is 2.47 bits per heavy atom. The number of nitrogens with zero attached hydrogens (tertiary/aromatic N) is 3. The highest BCUT2D eigenvalue weighted by Gasteiger charge is 2.35. The van der Waals surface area contributed by atoms with Gasteiger partial charge in [0.15, 0.2) is 0 Å². The van der Waals surface area contributed by atoms with Crippen molar-refractivity contribution in [2.45, 2.75) is 25.8 Å². The third kappa shape index (κ3) is 5.72. The molecule has 2 aromatic rings. The van der Waals surface area contributed by atoms with Gasteiger partial charge in [-0.1, -0.05) is 19.1 Å². The first-order chi connectivity index (χ1) is 16.4. The molecule has 1 heterocycles. The zero-order valence-corrected chi connectivity index (χ0v) is 19.9. The predicted octanol–water partition coefficient (Wildman–Crippen LogP) is 3.41. The van der Waals surface area contributed by atoms with E-state index in [-0.39, 0.29) is 30.6 Å². The summed E-state index contributed by atoms with van der Waals surface area (Å²) in [7, 11) is 4.66. The highest BCUT2D eigenvalue weighted by atomic mass is 19.1. The SMILES string of the molecule is CCC(=O)N(CCOC)CC(=O)N1N=C(c2ccc(OC)cc2OC)C[C@H]1c1ccc(F)cc1. The monoisotopic (exact) mass is 471 g/mol. The van der Waals surface area contributed by atoms with Crippen molar-refractivity contribution in [2.24, 2.45) is 5.10 Å². The lowest BCUT2D eigenvalue weighted by molar-refractivity contribution is -0.141. The zero-order valence-electron chi connectivity index (χ0n) is 19.9. The minimum absolute atomic E-state index is 0.135. The normalized spacial score (nSPS) is 15.1. The Morgan fingerprint density at radius 2 is 1.85 bits per heavy atom. The molecule has 182 valence electrons. The molecule has 0 aliphatic carbocycles. The van der Waals surface area contributed by atoms with Gasteiger partial charge in [0.25, 0.3) is 5.91 Å². The summed E-state index contributed by atoms with van der Waals surface area (Å²) in [5.41, 5.74) is 2.12. The van der Waals surface area contributed by atoms with Crippen LogP contribution < -0.4 is 9.47 Å². The number of amides is 2. The maximum atomic E-state index is 13.6. The predicted molar refractivity (Wildman–Crippen MR) is 125 cm³/mol. The first-order valence-corrected chi connectivity index (χ1v) is 11.1. The number of carbonyl (C=O) groups excluding carboxylic acids is 2. The van der Waals surface area contributed by atoms with E-state index in [0.717, 1.165) is 11.1 Å². The topological polar surface area (TPSA) is 80.7 Å². The van der Waals surface area contributed by atoms with Gasteiger partial charge >= 0.3 is 0 Å². The summed E-state index contributed by atoms with van der Waals surface area (Å²) in [6.45, 7) is 2.23. The van der Waals surface area contributed by atoms with Crippen LogP contribution in [0.1, 0.15) is 36.9 Å². The summed E-state index contributed by atoms with van der Waals surface area (Å²) in [5.74, 6) is 0.345. The van der Waals surface area contributed by atoms with Crippen molar-refractivity contribution in [3.05, 3.63) is 59.4 Å². The number of carbonyl (C=O) groups is 2. The number of rotatable bonds is 10. The molecule has 3 rings (SSSR count). The van der Waals surface area contributed by atoms with E-state index in [1.54, 1.807) is 52.5 Å². The van der Waals surface area contributed by atoms with Gasteiger partial charge in [-0.2, -0.15) is 5.10 Å². The number of benzene rings is 2. The average Bonchev–Trinajstić information content (AvgIpc) is 3.31. The molecule has 8 nitrogen and oxygen atoms in total. The quantitative estimate of drug-likeness (QED) is 0.531. The molecule has 1 atom stereocenters. The van der Waals surface area contributed by atoms with Crippen LogP contribution in [0, 0.1) is 5.82 Å². The van der Waals surface area contributed by atoms with Crippen molar-refractivity contribution in [3.8, 4) is 11.5 Å². The van der Waals surface area contributed by atoms with Gasteiger partial charge in [-0.15, -0.1) is 0 Å². The van der Waals surface area contributed by atoms with Crippen LogP contribution in [0.3, 0.4) is 0 Å². The van der Waals surface area contributed by atoms with Crippen molar-refractivity contribution >= 4 is 17.5 Å². The van der Waals surface area contributed by atoms with Gasteiger partial charge in [0.2, 0.25) is 5.91 Å². The summed E-state index contributed by atoms with van der Waals surface area (Å²) in [5, 5.41) is 6.02. The second kappa shape index (κ2) is 11.6. The van der Waals surface area contributed by atoms with Gasteiger partial charge in [0.05, 0.1) is 32.6 Å². The molecule has 1 aliphatic rings. The molecule has 1 aliphatic heterocycles. The van der Waals surface area contributed by atoms with Crippen molar-refractivity contribution < 1.29 is 28.2 Å². The Hall–Kier alpha value is -3.46. The smallest absolute Gasteiger partial charge is 0.262 e. The van der Waals surface area contributed by atoms with E-state index in [2.05, 4.69) is 5.10 Å². The molecule has 34 heavy (non-hydrogen) atoms. The molecule has 0 fully saturated rings. The minimum Gasteiger partial charge on any atom is -0.497 e. The van der Waals surface area contributed by atoms with E-state index in [9.17, 15) is 14.0 Å². The van der Waals surface area contributed by atoms with Crippen molar-refractivity contribution in [1.29, 1.82) is 0 Å². The molecule has 0 radical (unpaired) electrons. The van der Waals surface area contributed by atoms with E-state index in [4.69, 9.17) is 14.2 Å². The largest absolute Gasteiger partial charge is 0.497 e. The van der Waals surface area contributed by atoms with Crippen LogP contribution in [0.25, 0.3) is 0 Å². The van der Waals surface area contributed by atoms with Crippen molar-refractivity contribution in [2.75, 3.05) is 41.0 Å². The maximum absolute atomic E-state index is 13.6. The van der Waals surface area contributed by atoms with E-state index < -0.39 is 6.04 Å². The number of hydrogen-bond donors (Lipinski definition) is 0. The second-order valence-corrected chi connectivity index (χ2v) is 7.78. The van der Waals surface area contributed by atoms with Crippen molar-refractivity contribution in [3.63, 3.8) is 0 Å². The standard InChI is InChI=1S/C25H30FN3O5/c1-5-24(30)28(12-13-32-2)16-25(31)29-22(17-6-8-18(26)9-7-17)15-21(27-29)20-11-10-19(33-3)14-23(20)34-4/h6-11,14,22H,5,12-13,15-16H2,1-4H3/t22-/m0/s1. The Morgan fingerprint density at radius 1 is 1.12 bits per heavy atom. The van der Waals surface area contributed by atoms with Crippen LogP contribution in [-0.4, -0.2) is 68.5 Å². The van der Waals surface area contributed by atoms with Crippen LogP contribution in [-0.2, 0) is 14.3 Å². The number of methoxy groups -OCH3 is 3. The average molecular weight is 472 g/mol. The maximum Gasteiger partial charge on any atom is 0.262 e. The third-order valence-corrected chi connectivity index (χ3v) is 5.69.